The fourth-order valence-electron chi connectivity index (χ4n) is 0.851. The Morgan fingerprint density at radius 3 is 2.56 bits per heavy atom. The van der Waals surface area contributed by atoms with Gasteiger partial charge >= 0.3 is 6.09 Å². The van der Waals surface area contributed by atoms with Crippen molar-refractivity contribution in [2.75, 3.05) is 13.2 Å². The van der Waals surface area contributed by atoms with Crippen molar-refractivity contribution in [1.29, 1.82) is 0 Å². The quantitative estimate of drug-likeness (QED) is 0.582. The highest BCUT2D eigenvalue weighted by atomic mass is 16.5. The number of ether oxygens (including phenoxy) is 1. The Labute approximate surface area is 90.5 Å². The molecule has 0 saturated carbocycles. The van der Waals surface area contributed by atoms with E-state index < -0.39 is 12.0 Å². The van der Waals surface area contributed by atoms with Crippen molar-refractivity contribution in [3.8, 4) is 5.75 Å². The highest BCUT2D eigenvalue weighted by Gasteiger charge is 2.08. The molecular formula is C8H10N4O4. The molecule has 0 unspecified atom stereocenters. The van der Waals surface area contributed by atoms with Crippen molar-refractivity contribution < 1.29 is 19.4 Å². The van der Waals surface area contributed by atoms with Crippen molar-refractivity contribution >= 4 is 12.0 Å². The Hall–Kier alpha value is -2.22. The molecule has 0 radical (unpaired) electrons. The van der Waals surface area contributed by atoms with E-state index in [1.165, 1.54) is 0 Å². The third kappa shape index (κ3) is 3.50. The van der Waals surface area contributed by atoms with Gasteiger partial charge in [-0.2, -0.15) is 0 Å². The number of carbonyl (C=O) groups is 2. The molecule has 1 rings (SSSR count). The summed E-state index contributed by atoms with van der Waals surface area (Å²) in [5.41, 5.74) is 4.76. The van der Waals surface area contributed by atoms with Gasteiger partial charge in [-0.05, 0) is 0 Å². The molecule has 1 aromatic rings. The van der Waals surface area contributed by atoms with Gasteiger partial charge in [-0.1, -0.05) is 0 Å². The van der Waals surface area contributed by atoms with Crippen LogP contribution in [0, 0.1) is 0 Å². The number of hydrogen-bond acceptors (Lipinski definition) is 6. The second-order valence-corrected chi connectivity index (χ2v) is 2.64. The van der Waals surface area contributed by atoms with Gasteiger partial charge in [0.1, 0.15) is 0 Å². The zero-order valence-electron chi connectivity index (χ0n) is 8.21. The lowest BCUT2D eigenvalue weighted by Crippen LogP contribution is -2.28. The van der Waals surface area contributed by atoms with E-state index in [2.05, 4.69) is 20.0 Å². The summed E-state index contributed by atoms with van der Waals surface area (Å²) in [6, 6.07) is 0. The number of rotatable bonds is 4. The average Bonchev–Trinajstić information content (AvgIpc) is 2.26. The van der Waals surface area contributed by atoms with Gasteiger partial charge in [-0.15, -0.1) is 0 Å². The standard InChI is InChI=1S/C8H10N4O4/c9-8(15)16-5-3-11-6(12-4-5)7(14)10-1-2-13/h3-4,13H,1-2H2,(H2,9,15)(H,10,14). The first kappa shape index (κ1) is 11.9. The molecule has 8 nitrogen and oxygen atoms in total. The molecule has 0 spiro atoms. The van der Waals surface area contributed by atoms with Crippen molar-refractivity contribution in [3.63, 3.8) is 0 Å². The third-order valence-corrected chi connectivity index (χ3v) is 1.45. The topological polar surface area (TPSA) is 127 Å². The minimum absolute atomic E-state index is 0.0474. The summed E-state index contributed by atoms with van der Waals surface area (Å²) in [6.45, 7) is -0.0592. The molecule has 86 valence electrons. The van der Waals surface area contributed by atoms with Crippen molar-refractivity contribution in [2.24, 2.45) is 5.73 Å². The van der Waals surface area contributed by atoms with Gasteiger partial charge < -0.3 is 20.9 Å². The zero-order chi connectivity index (χ0) is 12.0. The predicted octanol–water partition coefficient (Wildman–Crippen LogP) is -1.34. The number of aliphatic hydroxyl groups excluding tert-OH is 1. The first-order chi connectivity index (χ1) is 7.63. The number of nitrogens with two attached hydrogens (primary N) is 1. The van der Waals surface area contributed by atoms with E-state index in [9.17, 15) is 9.59 Å². The third-order valence-electron chi connectivity index (χ3n) is 1.45. The molecule has 0 aliphatic rings. The average molecular weight is 226 g/mol. The van der Waals surface area contributed by atoms with E-state index in [-0.39, 0.29) is 24.7 Å². The second-order valence-electron chi connectivity index (χ2n) is 2.64. The van der Waals surface area contributed by atoms with E-state index in [4.69, 9.17) is 10.8 Å². The van der Waals surface area contributed by atoms with E-state index in [0.717, 1.165) is 12.4 Å². The van der Waals surface area contributed by atoms with Crippen LogP contribution in [0.1, 0.15) is 10.6 Å². The number of aliphatic hydroxyl groups is 1. The highest BCUT2D eigenvalue weighted by Crippen LogP contribution is 2.05. The van der Waals surface area contributed by atoms with Gasteiger partial charge in [-0.25, -0.2) is 14.8 Å². The lowest BCUT2D eigenvalue weighted by molar-refractivity contribution is 0.0934. The van der Waals surface area contributed by atoms with Crippen LogP contribution in [0.15, 0.2) is 12.4 Å². The molecule has 0 bridgehead atoms. The minimum atomic E-state index is -0.985. The number of aromatic nitrogens is 2. The van der Waals surface area contributed by atoms with Crippen LogP contribution >= 0.6 is 0 Å². The summed E-state index contributed by atoms with van der Waals surface area (Å²) in [7, 11) is 0. The van der Waals surface area contributed by atoms with Gasteiger partial charge in [0.2, 0.25) is 5.82 Å². The summed E-state index contributed by atoms with van der Waals surface area (Å²) < 4.78 is 4.47. The Kier molecular flexibility index (Phi) is 4.16. The van der Waals surface area contributed by atoms with Crippen LogP contribution in [0.5, 0.6) is 5.75 Å². The molecule has 4 N–H and O–H groups in total. The summed E-state index contributed by atoms with van der Waals surface area (Å²) >= 11 is 0. The minimum Gasteiger partial charge on any atom is -0.407 e. The molecule has 0 aromatic carbocycles. The molecular weight excluding hydrogens is 216 g/mol. The molecule has 16 heavy (non-hydrogen) atoms. The molecule has 1 aromatic heterocycles. The fourth-order valence-corrected chi connectivity index (χ4v) is 0.851. The molecule has 0 saturated heterocycles. The number of amides is 2. The SMILES string of the molecule is NC(=O)Oc1cnc(C(=O)NCCO)nc1. The fraction of sp³-hybridized carbons (Fsp3) is 0.250. The van der Waals surface area contributed by atoms with Gasteiger partial charge in [0, 0.05) is 6.54 Å². The molecule has 8 heteroatoms. The van der Waals surface area contributed by atoms with Crippen LogP contribution in [-0.4, -0.2) is 40.2 Å². The highest BCUT2D eigenvalue weighted by molar-refractivity contribution is 5.90. The largest absolute Gasteiger partial charge is 0.410 e. The van der Waals surface area contributed by atoms with E-state index in [1.807, 2.05) is 0 Å². The Morgan fingerprint density at radius 2 is 2.06 bits per heavy atom. The van der Waals surface area contributed by atoms with E-state index >= 15 is 0 Å². The monoisotopic (exact) mass is 226 g/mol. The van der Waals surface area contributed by atoms with Crippen LogP contribution in [0.2, 0.25) is 0 Å². The predicted molar refractivity (Wildman–Crippen MR) is 51.7 cm³/mol. The number of carbonyl (C=O) groups excluding carboxylic acids is 2. The normalized spacial score (nSPS) is 9.56. The number of nitrogens with zero attached hydrogens (tertiary/aromatic N) is 2. The molecule has 2 amide bonds. The molecule has 0 aliphatic heterocycles. The second kappa shape index (κ2) is 5.61. The lowest BCUT2D eigenvalue weighted by atomic mass is 10.5. The van der Waals surface area contributed by atoms with Crippen molar-refractivity contribution in [1.82, 2.24) is 15.3 Å². The molecule has 0 aliphatic carbocycles. The first-order valence-corrected chi connectivity index (χ1v) is 4.32. The van der Waals surface area contributed by atoms with Crippen LogP contribution in [0.4, 0.5) is 4.79 Å². The zero-order valence-corrected chi connectivity index (χ0v) is 8.21. The van der Waals surface area contributed by atoms with Crippen LogP contribution < -0.4 is 15.8 Å². The summed E-state index contributed by atoms with van der Waals surface area (Å²) in [5, 5.41) is 10.8. The summed E-state index contributed by atoms with van der Waals surface area (Å²) in [4.78, 5) is 28.9. The van der Waals surface area contributed by atoms with Gasteiger partial charge in [0.15, 0.2) is 5.75 Å². The van der Waals surface area contributed by atoms with Gasteiger partial charge in [0.25, 0.3) is 5.91 Å². The number of primary amides is 1. The Morgan fingerprint density at radius 1 is 1.44 bits per heavy atom. The maximum atomic E-state index is 11.3. The van der Waals surface area contributed by atoms with Crippen LogP contribution in [0.25, 0.3) is 0 Å². The van der Waals surface area contributed by atoms with Crippen molar-refractivity contribution in [2.45, 2.75) is 0 Å². The van der Waals surface area contributed by atoms with Gasteiger partial charge in [-0.3, -0.25) is 4.79 Å². The smallest absolute Gasteiger partial charge is 0.407 e. The van der Waals surface area contributed by atoms with E-state index in [0.29, 0.717) is 0 Å². The summed E-state index contributed by atoms with van der Waals surface area (Å²) in [5.74, 6) is -0.573. The molecule has 1 heterocycles. The first-order valence-electron chi connectivity index (χ1n) is 4.32. The van der Waals surface area contributed by atoms with E-state index in [1.54, 1.807) is 0 Å². The lowest BCUT2D eigenvalue weighted by Gasteiger charge is -2.02. The molecule has 0 atom stereocenters. The Bertz CT molecular complexity index is 378. The maximum Gasteiger partial charge on any atom is 0.410 e. The number of nitrogens with one attached hydrogen (secondary N) is 1. The Balaban J connectivity index is 2.63. The van der Waals surface area contributed by atoms with Crippen molar-refractivity contribution in [3.05, 3.63) is 18.2 Å². The maximum absolute atomic E-state index is 11.3. The summed E-state index contributed by atoms with van der Waals surface area (Å²) in [6.07, 6.45) is 1.30. The molecule has 0 fully saturated rings. The van der Waals surface area contributed by atoms with Crippen LogP contribution in [-0.2, 0) is 0 Å². The van der Waals surface area contributed by atoms with Crippen LogP contribution in [0.3, 0.4) is 0 Å². The number of hydrogen-bond donors (Lipinski definition) is 3. The van der Waals surface area contributed by atoms with Gasteiger partial charge in [0.05, 0.1) is 19.0 Å².